The van der Waals surface area contributed by atoms with Gasteiger partial charge in [-0.2, -0.15) is 0 Å². The number of imide groups is 1. The maximum Gasteiger partial charge on any atom is 0.321 e. The fraction of sp³-hybridized carbons (Fsp3) is 0.714. The number of hydrogen-bond donors (Lipinski definition) is 2. The SMILES string of the molecule is CC(C)[C@@H]1NC(=O)NC(=O)[C@H]1F. The van der Waals surface area contributed by atoms with Crippen molar-refractivity contribution in [2.24, 2.45) is 5.92 Å². The van der Waals surface area contributed by atoms with Crippen LogP contribution < -0.4 is 10.6 Å². The standard InChI is InChI=1S/C7H11FN2O2/c1-3(2)5-4(8)6(11)10-7(12)9-5/h3-5H,1-2H3,(H2,9,10,11,12)/t4-,5-/m0/s1. The van der Waals surface area contributed by atoms with Gasteiger partial charge >= 0.3 is 6.03 Å². The number of carbonyl (C=O) groups is 2. The molecule has 12 heavy (non-hydrogen) atoms. The molecule has 1 saturated heterocycles. The average molecular weight is 174 g/mol. The Morgan fingerprint density at radius 3 is 2.50 bits per heavy atom. The molecule has 1 rings (SSSR count). The van der Waals surface area contributed by atoms with Crippen molar-refractivity contribution < 1.29 is 14.0 Å². The third-order valence-electron chi connectivity index (χ3n) is 1.82. The van der Waals surface area contributed by atoms with Crippen LogP contribution in [0.5, 0.6) is 0 Å². The normalized spacial score (nSPS) is 30.0. The van der Waals surface area contributed by atoms with Gasteiger partial charge in [-0.25, -0.2) is 9.18 Å². The topological polar surface area (TPSA) is 58.2 Å². The van der Waals surface area contributed by atoms with Crippen LogP contribution in [-0.4, -0.2) is 24.2 Å². The second kappa shape index (κ2) is 3.08. The summed E-state index contributed by atoms with van der Waals surface area (Å²) in [5.74, 6) is -0.938. The highest BCUT2D eigenvalue weighted by Crippen LogP contribution is 2.12. The minimum absolute atomic E-state index is 0.0880. The average Bonchev–Trinajstić information content (AvgIpc) is 1.96. The Balaban J connectivity index is 2.73. The lowest BCUT2D eigenvalue weighted by atomic mass is 9.98. The van der Waals surface area contributed by atoms with Crippen molar-refractivity contribution >= 4 is 11.9 Å². The van der Waals surface area contributed by atoms with Crippen LogP contribution in [-0.2, 0) is 4.79 Å². The van der Waals surface area contributed by atoms with Crippen molar-refractivity contribution in [3.8, 4) is 0 Å². The van der Waals surface area contributed by atoms with Gasteiger partial charge in [0.1, 0.15) is 0 Å². The zero-order valence-electron chi connectivity index (χ0n) is 6.93. The summed E-state index contributed by atoms with van der Waals surface area (Å²) < 4.78 is 13.0. The minimum atomic E-state index is -1.64. The molecule has 1 fully saturated rings. The third-order valence-corrected chi connectivity index (χ3v) is 1.82. The van der Waals surface area contributed by atoms with Crippen molar-refractivity contribution in [1.82, 2.24) is 10.6 Å². The van der Waals surface area contributed by atoms with Crippen molar-refractivity contribution in [2.75, 3.05) is 0 Å². The van der Waals surface area contributed by atoms with Gasteiger partial charge in [-0.1, -0.05) is 13.8 Å². The van der Waals surface area contributed by atoms with Crippen LogP contribution in [0.15, 0.2) is 0 Å². The van der Waals surface area contributed by atoms with E-state index in [0.717, 1.165) is 0 Å². The lowest BCUT2D eigenvalue weighted by Gasteiger charge is -2.29. The molecule has 3 amide bonds. The largest absolute Gasteiger partial charge is 0.331 e. The summed E-state index contributed by atoms with van der Waals surface area (Å²) >= 11 is 0. The molecule has 1 aliphatic rings. The molecular formula is C7H11FN2O2. The van der Waals surface area contributed by atoms with Crippen LogP contribution in [0.1, 0.15) is 13.8 Å². The smallest absolute Gasteiger partial charge is 0.321 e. The van der Waals surface area contributed by atoms with Crippen LogP contribution in [0.4, 0.5) is 9.18 Å². The van der Waals surface area contributed by atoms with E-state index >= 15 is 0 Å². The highest BCUT2D eigenvalue weighted by molar-refractivity contribution is 5.99. The van der Waals surface area contributed by atoms with Crippen molar-refractivity contribution in [1.29, 1.82) is 0 Å². The maximum atomic E-state index is 13.0. The molecule has 0 unspecified atom stereocenters. The van der Waals surface area contributed by atoms with Gasteiger partial charge < -0.3 is 5.32 Å². The van der Waals surface area contributed by atoms with Gasteiger partial charge in [-0.15, -0.1) is 0 Å². The van der Waals surface area contributed by atoms with Crippen LogP contribution >= 0.6 is 0 Å². The van der Waals surface area contributed by atoms with Gasteiger partial charge in [0.2, 0.25) is 0 Å². The quantitative estimate of drug-likeness (QED) is 0.596. The summed E-state index contributed by atoms with van der Waals surface area (Å²) in [4.78, 5) is 21.5. The molecule has 0 spiro atoms. The van der Waals surface area contributed by atoms with E-state index < -0.39 is 24.2 Å². The van der Waals surface area contributed by atoms with Crippen molar-refractivity contribution in [3.05, 3.63) is 0 Å². The minimum Gasteiger partial charge on any atom is -0.331 e. The second-order valence-corrected chi connectivity index (χ2v) is 3.13. The molecule has 0 saturated carbocycles. The van der Waals surface area contributed by atoms with Gasteiger partial charge in [0.05, 0.1) is 6.04 Å². The number of carbonyl (C=O) groups excluding carboxylic acids is 2. The lowest BCUT2D eigenvalue weighted by Crippen LogP contribution is -2.61. The van der Waals surface area contributed by atoms with E-state index in [1.807, 2.05) is 5.32 Å². The van der Waals surface area contributed by atoms with E-state index in [2.05, 4.69) is 5.32 Å². The molecule has 0 aliphatic carbocycles. The van der Waals surface area contributed by atoms with Gasteiger partial charge in [-0.3, -0.25) is 10.1 Å². The predicted molar refractivity (Wildman–Crippen MR) is 40.2 cm³/mol. The first-order valence-corrected chi connectivity index (χ1v) is 3.78. The van der Waals surface area contributed by atoms with Gasteiger partial charge in [0.15, 0.2) is 6.17 Å². The zero-order valence-corrected chi connectivity index (χ0v) is 6.93. The molecule has 5 heteroatoms. The van der Waals surface area contributed by atoms with Crippen molar-refractivity contribution in [3.63, 3.8) is 0 Å². The van der Waals surface area contributed by atoms with E-state index in [1.54, 1.807) is 13.8 Å². The summed E-state index contributed by atoms with van der Waals surface area (Å²) in [6, 6.07) is -1.32. The summed E-state index contributed by atoms with van der Waals surface area (Å²) in [5, 5.41) is 4.20. The summed E-state index contributed by atoms with van der Waals surface area (Å²) in [6.45, 7) is 3.49. The fourth-order valence-electron chi connectivity index (χ4n) is 1.11. The lowest BCUT2D eigenvalue weighted by molar-refractivity contribution is -0.127. The van der Waals surface area contributed by atoms with Crippen LogP contribution in [0.2, 0.25) is 0 Å². The van der Waals surface area contributed by atoms with E-state index in [9.17, 15) is 14.0 Å². The number of nitrogens with one attached hydrogen (secondary N) is 2. The number of alkyl halides is 1. The second-order valence-electron chi connectivity index (χ2n) is 3.13. The van der Waals surface area contributed by atoms with Crippen LogP contribution in [0.3, 0.4) is 0 Å². The van der Waals surface area contributed by atoms with Gasteiger partial charge in [0, 0.05) is 0 Å². The maximum absolute atomic E-state index is 13.0. The fourth-order valence-corrected chi connectivity index (χ4v) is 1.11. The first kappa shape index (κ1) is 8.96. The first-order chi connectivity index (χ1) is 5.52. The Morgan fingerprint density at radius 2 is 2.00 bits per heavy atom. The Bertz CT molecular complexity index is 217. The molecule has 2 N–H and O–H groups in total. The van der Waals surface area contributed by atoms with Gasteiger partial charge in [-0.05, 0) is 5.92 Å². The molecule has 0 aromatic carbocycles. The Kier molecular flexibility index (Phi) is 2.30. The summed E-state index contributed by atoms with van der Waals surface area (Å²) in [7, 11) is 0. The summed E-state index contributed by atoms with van der Waals surface area (Å²) in [6.07, 6.45) is -1.64. The molecule has 2 atom stereocenters. The van der Waals surface area contributed by atoms with Gasteiger partial charge in [0.25, 0.3) is 5.91 Å². The zero-order chi connectivity index (χ0) is 9.30. The van der Waals surface area contributed by atoms with Crippen molar-refractivity contribution in [2.45, 2.75) is 26.1 Å². The van der Waals surface area contributed by atoms with Crippen LogP contribution in [0.25, 0.3) is 0 Å². The molecule has 68 valence electrons. The van der Waals surface area contributed by atoms with E-state index in [1.165, 1.54) is 0 Å². The molecule has 0 radical (unpaired) electrons. The molecule has 0 aromatic rings. The molecular weight excluding hydrogens is 163 g/mol. The molecule has 0 aromatic heterocycles. The predicted octanol–water partition coefficient (Wildman–Crippen LogP) is 0.188. The number of hydrogen-bond acceptors (Lipinski definition) is 2. The molecule has 1 aliphatic heterocycles. The molecule has 4 nitrogen and oxygen atoms in total. The number of halogens is 1. The highest BCUT2D eigenvalue weighted by atomic mass is 19.1. The van der Waals surface area contributed by atoms with E-state index in [0.29, 0.717) is 0 Å². The Hall–Kier alpha value is -1.13. The molecule has 0 bridgehead atoms. The Morgan fingerprint density at radius 1 is 1.42 bits per heavy atom. The number of urea groups is 1. The van der Waals surface area contributed by atoms with E-state index in [-0.39, 0.29) is 5.92 Å². The monoisotopic (exact) mass is 174 g/mol. The van der Waals surface area contributed by atoms with Crippen LogP contribution in [0, 0.1) is 5.92 Å². The first-order valence-electron chi connectivity index (χ1n) is 3.78. The van der Waals surface area contributed by atoms with E-state index in [4.69, 9.17) is 0 Å². The highest BCUT2D eigenvalue weighted by Gasteiger charge is 2.36. The third kappa shape index (κ3) is 1.54. The molecule has 1 heterocycles. The summed E-state index contributed by atoms with van der Waals surface area (Å²) in [5.41, 5.74) is 0. The number of rotatable bonds is 1. The number of amides is 3. The Labute approximate surface area is 69.5 Å².